The molecule has 3 heterocycles. The number of nitrogens with one attached hydrogen (secondary N) is 2. The summed E-state index contributed by atoms with van der Waals surface area (Å²) >= 11 is 0. The zero-order valence-corrected chi connectivity index (χ0v) is 16.7. The lowest BCUT2D eigenvalue weighted by molar-refractivity contribution is -0.933. The van der Waals surface area contributed by atoms with Gasteiger partial charge in [0.2, 0.25) is 5.82 Å². The molecule has 29 heavy (non-hydrogen) atoms. The predicted molar refractivity (Wildman–Crippen MR) is 108 cm³/mol. The molecule has 1 aromatic carbocycles. The van der Waals surface area contributed by atoms with Crippen molar-refractivity contribution in [3.05, 3.63) is 51.6 Å². The van der Waals surface area contributed by atoms with Crippen LogP contribution in [0.5, 0.6) is 0 Å². The highest BCUT2D eigenvalue weighted by Crippen LogP contribution is 2.31. The van der Waals surface area contributed by atoms with Crippen LogP contribution in [-0.4, -0.2) is 51.5 Å². The topological polar surface area (TPSA) is 90.1 Å². The van der Waals surface area contributed by atoms with E-state index in [1.807, 2.05) is 35.9 Å². The maximum atomic E-state index is 13.2. The van der Waals surface area contributed by atoms with Crippen molar-refractivity contribution in [1.82, 2.24) is 25.2 Å². The van der Waals surface area contributed by atoms with Crippen LogP contribution in [0, 0.1) is 6.92 Å². The summed E-state index contributed by atoms with van der Waals surface area (Å²) in [5.74, 6) is 0.798. The number of hydrogen-bond donors (Lipinski definition) is 2. The summed E-state index contributed by atoms with van der Waals surface area (Å²) in [6.07, 6.45) is 4.59. The van der Waals surface area contributed by atoms with Crippen LogP contribution < -0.4 is 10.5 Å². The molecule has 3 aromatic rings. The number of aromatic amines is 1. The Morgan fingerprint density at radius 2 is 2.03 bits per heavy atom. The van der Waals surface area contributed by atoms with E-state index >= 15 is 0 Å². The number of quaternary nitrogens is 1. The Morgan fingerprint density at radius 1 is 1.24 bits per heavy atom. The molecule has 0 bridgehead atoms. The normalized spacial score (nSPS) is 19.8. The van der Waals surface area contributed by atoms with Gasteiger partial charge in [0.25, 0.3) is 5.56 Å². The number of aryl methyl sites for hydroxylation is 1. The van der Waals surface area contributed by atoms with E-state index in [2.05, 4.69) is 20.5 Å². The van der Waals surface area contributed by atoms with Gasteiger partial charge in [0.15, 0.2) is 6.04 Å². The van der Waals surface area contributed by atoms with Gasteiger partial charge in [0.1, 0.15) is 13.1 Å². The molecule has 152 valence electrons. The van der Waals surface area contributed by atoms with Crippen LogP contribution in [0.1, 0.15) is 54.7 Å². The Kier molecular flexibility index (Phi) is 4.89. The number of hydrogen-bond acceptors (Lipinski definition) is 5. The average molecular weight is 395 g/mol. The fraction of sp³-hybridized carbons (Fsp3) is 0.524. The number of pyridine rings is 1. The molecule has 1 atom stereocenters. The Bertz CT molecular complexity index is 1060. The molecule has 0 radical (unpaired) electrons. The van der Waals surface area contributed by atoms with Gasteiger partial charge in [0, 0.05) is 0 Å². The number of benzene rings is 1. The summed E-state index contributed by atoms with van der Waals surface area (Å²) in [6.45, 7) is 5.03. The third kappa shape index (κ3) is 3.36. The van der Waals surface area contributed by atoms with Gasteiger partial charge in [-0.3, -0.25) is 4.79 Å². The summed E-state index contributed by atoms with van der Waals surface area (Å²) in [4.78, 5) is 17.6. The lowest BCUT2D eigenvalue weighted by Crippen LogP contribution is -3.14. The second kappa shape index (κ2) is 7.68. The average Bonchev–Trinajstić information content (AvgIpc) is 3.42. The van der Waals surface area contributed by atoms with Crippen LogP contribution in [0.2, 0.25) is 0 Å². The smallest absolute Gasteiger partial charge is 0.258 e. The molecular weight excluding hydrogens is 368 g/mol. The number of nitrogens with zero attached hydrogens (tertiary/aromatic N) is 4. The second-order valence-corrected chi connectivity index (χ2v) is 8.22. The van der Waals surface area contributed by atoms with E-state index in [9.17, 15) is 4.79 Å². The summed E-state index contributed by atoms with van der Waals surface area (Å²) in [7, 11) is 0. The quantitative estimate of drug-likeness (QED) is 0.686. The first kappa shape index (κ1) is 18.4. The molecule has 0 amide bonds. The van der Waals surface area contributed by atoms with Gasteiger partial charge in [-0.25, -0.2) is 4.68 Å². The number of para-hydroxylation sites is 1. The number of morpholine rings is 1. The third-order valence-electron chi connectivity index (χ3n) is 6.42. The molecule has 2 fully saturated rings. The first-order valence-electron chi connectivity index (χ1n) is 10.5. The highest BCUT2D eigenvalue weighted by Gasteiger charge is 2.37. The molecule has 1 aliphatic carbocycles. The minimum Gasteiger partial charge on any atom is -0.370 e. The number of rotatable bonds is 4. The maximum absolute atomic E-state index is 13.2. The van der Waals surface area contributed by atoms with Crippen molar-refractivity contribution in [3.63, 3.8) is 0 Å². The van der Waals surface area contributed by atoms with E-state index in [4.69, 9.17) is 4.74 Å². The molecule has 8 heteroatoms. The van der Waals surface area contributed by atoms with Crippen molar-refractivity contribution >= 4 is 10.9 Å². The molecule has 1 saturated heterocycles. The van der Waals surface area contributed by atoms with Crippen LogP contribution >= 0.6 is 0 Å². The van der Waals surface area contributed by atoms with Gasteiger partial charge < -0.3 is 14.6 Å². The summed E-state index contributed by atoms with van der Waals surface area (Å²) < 4.78 is 7.57. The standard InChI is InChI=1S/C21H26N6O2/c1-14-5-4-6-15-13-17(21(28)22-18(14)15)19(26-9-11-29-12-10-26)20-23-24-25-27(20)16-7-2-3-8-16/h4-6,13,16,19H,2-3,7-12H2,1H3,(H,22,28)/p+1/t19-/m0/s1. The molecule has 2 aliphatic rings. The number of ether oxygens (including phenoxy) is 1. The number of tetrazole rings is 1. The lowest BCUT2D eigenvalue weighted by Gasteiger charge is -2.31. The van der Waals surface area contributed by atoms with E-state index in [1.165, 1.54) is 17.7 Å². The fourth-order valence-corrected chi connectivity index (χ4v) is 4.88. The monoisotopic (exact) mass is 395 g/mol. The van der Waals surface area contributed by atoms with Gasteiger partial charge in [0.05, 0.1) is 30.3 Å². The highest BCUT2D eigenvalue weighted by molar-refractivity contribution is 5.82. The Balaban J connectivity index is 1.66. The minimum absolute atomic E-state index is 0.0586. The lowest BCUT2D eigenvalue weighted by atomic mass is 10.0. The first-order chi connectivity index (χ1) is 14.2. The second-order valence-electron chi connectivity index (χ2n) is 8.22. The molecule has 8 nitrogen and oxygen atoms in total. The zero-order valence-electron chi connectivity index (χ0n) is 16.7. The first-order valence-corrected chi connectivity index (χ1v) is 10.5. The van der Waals surface area contributed by atoms with Crippen molar-refractivity contribution in [1.29, 1.82) is 0 Å². The highest BCUT2D eigenvalue weighted by atomic mass is 16.5. The van der Waals surface area contributed by atoms with Gasteiger partial charge >= 0.3 is 0 Å². The van der Waals surface area contributed by atoms with Crippen molar-refractivity contribution in [3.8, 4) is 0 Å². The zero-order chi connectivity index (χ0) is 19.8. The van der Waals surface area contributed by atoms with Crippen molar-refractivity contribution in [2.24, 2.45) is 0 Å². The summed E-state index contributed by atoms with van der Waals surface area (Å²) in [6, 6.07) is 8.24. The molecule has 2 N–H and O–H groups in total. The molecule has 0 spiro atoms. The number of fused-ring (bicyclic) bond motifs is 1. The van der Waals surface area contributed by atoms with Crippen molar-refractivity contribution < 1.29 is 9.64 Å². The molecule has 0 unspecified atom stereocenters. The van der Waals surface area contributed by atoms with E-state index in [0.29, 0.717) is 19.3 Å². The van der Waals surface area contributed by atoms with E-state index < -0.39 is 0 Å². The maximum Gasteiger partial charge on any atom is 0.258 e. The molecule has 5 rings (SSSR count). The van der Waals surface area contributed by atoms with Gasteiger partial charge in [-0.15, -0.1) is 5.10 Å². The Hall–Kier alpha value is -2.58. The molecule has 1 aliphatic heterocycles. The van der Waals surface area contributed by atoms with E-state index in [1.54, 1.807) is 0 Å². The molecule has 1 saturated carbocycles. The molecule has 2 aromatic heterocycles. The predicted octanol–water partition coefficient (Wildman–Crippen LogP) is 0.943. The molecular formula is C21H27N6O2+. The third-order valence-corrected chi connectivity index (χ3v) is 6.42. The minimum atomic E-state index is -0.205. The van der Waals surface area contributed by atoms with Crippen LogP contribution in [0.4, 0.5) is 0 Å². The van der Waals surface area contributed by atoms with Crippen molar-refractivity contribution in [2.45, 2.75) is 44.7 Å². The number of H-pyrrole nitrogens is 1. The van der Waals surface area contributed by atoms with Crippen LogP contribution in [0.3, 0.4) is 0 Å². The van der Waals surface area contributed by atoms with Crippen LogP contribution in [0.25, 0.3) is 10.9 Å². The van der Waals surface area contributed by atoms with Gasteiger partial charge in [-0.1, -0.05) is 31.0 Å². The van der Waals surface area contributed by atoms with Crippen LogP contribution in [-0.2, 0) is 4.74 Å². The Labute approximate surface area is 168 Å². The fourth-order valence-electron chi connectivity index (χ4n) is 4.88. The summed E-state index contributed by atoms with van der Waals surface area (Å²) in [5, 5.41) is 13.8. The van der Waals surface area contributed by atoms with Gasteiger partial charge in [-0.05, 0) is 47.2 Å². The largest absolute Gasteiger partial charge is 0.370 e. The Morgan fingerprint density at radius 3 is 2.83 bits per heavy atom. The summed E-state index contributed by atoms with van der Waals surface area (Å²) in [5.41, 5.74) is 2.63. The number of aromatic nitrogens is 5. The van der Waals surface area contributed by atoms with Gasteiger partial charge in [-0.2, -0.15) is 0 Å². The van der Waals surface area contributed by atoms with E-state index in [-0.39, 0.29) is 11.6 Å². The van der Waals surface area contributed by atoms with Crippen LogP contribution in [0.15, 0.2) is 29.1 Å². The SMILES string of the molecule is Cc1cccc2cc([C@@H](c3nnnn3C3CCCC3)[NH+]3CCOCC3)c(=O)[nH]c12. The van der Waals surface area contributed by atoms with Crippen molar-refractivity contribution in [2.75, 3.05) is 26.3 Å². The van der Waals surface area contributed by atoms with E-state index in [0.717, 1.165) is 53.8 Å².